The van der Waals surface area contributed by atoms with Gasteiger partial charge in [-0.2, -0.15) is 4.08 Å². The summed E-state index contributed by atoms with van der Waals surface area (Å²) in [5.74, 6) is 0. The fraction of sp³-hybridized carbons (Fsp3) is 1.00. The summed E-state index contributed by atoms with van der Waals surface area (Å²) in [4.78, 5) is 8.32. The van der Waals surface area contributed by atoms with E-state index in [0.717, 1.165) is 0 Å². The van der Waals surface area contributed by atoms with E-state index in [1.54, 1.807) is 0 Å². The SMILES string of the molecule is O=P(O)(OCl)OCCO. The van der Waals surface area contributed by atoms with Crippen LogP contribution >= 0.6 is 19.7 Å². The molecular formula is C2H6ClO5P. The van der Waals surface area contributed by atoms with Crippen LogP contribution in [-0.4, -0.2) is 23.2 Å². The first-order valence-electron chi connectivity index (χ1n) is 2.01. The molecule has 0 saturated carbocycles. The Kier molecular flexibility index (Phi) is 4.39. The molecule has 0 aliphatic carbocycles. The molecule has 0 rings (SSSR count). The van der Waals surface area contributed by atoms with E-state index in [9.17, 15) is 4.57 Å². The Labute approximate surface area is 56.9 Å². The van der Waals surface area contributed by atoms with Crippen LogP contribution in [0.5, 0.6) is 0 Å². The summed E-state index contributed by atoms with van der Waals surface area (Å²) in [7, 11) is -4.08. The quantitative estimate of drug-likeness (QED) is 0.601. The van der Waals surface area contributed by atoms with Crippen molar-refractivity contribution in [1.82, 2.24) is 0 Å². The minimum absolute atomic E-state index is 0.277. The van der Waals surface area contributed by atoms with E-state index in [-0.39, 0.29) is 13.2 Å². The number of aliphatic hydroxyl groups is 1. The molecule has 0 radical (unpaired) electrons. The molecule has 7 heteroatoms. The Morgan fingerprint density at radius 3 is 2.56 bits per heavy atom. The number of hydrogen-bond donors (Lipinski definition) is 2. The van der Waals surface area contributed by atoms with Crippen LogP contribution < -0.4 is 0 Å². The predicted molar refractivity (Wildman–Crippen MR) is 29.8 cm³/mol. The summed E-state index contributed by atoms with van der Waals surface area (Å²) in [5, 5.41) is 8.07. The van der Waals surface area contributed by atoms with E-state index in [2.05, 4.69) is 20.5 Å². The van der Waals surface area contributed by atoms with Crippen LogP contribution in [0.2, 0.25) is 0 Å². The Morgan fingerprint density at radius 2 is 2.22 bits per heavy atom. The molecule has 0 bridgehead atoms. The minimum atomic E-state index is -4.08. The van der Waals surface area contributed by atoms with Gasteiger partial charge in [-0.25, -0.2) is 4.57 Å². The molecule has 0 amide bonds. The zero-order valence-electron chi connectivity index (χ0n) is 4.36. The van der Waals surface area contributed by atoms with Gasteiger partial charge in [0.1, 0.15) is 0 Å². The van der Waals surface area contributed by atoms with Crippen molar-refractivity contribution in [3.8, 4) is 0 Å². The van der Waals surface area contributed by atoms with Gasteiger partial charge in [-0.3, -0.25) is 4.52 Å². The zero-order chi connectivity index (χ0) is 7.33. The van der Waals surface area contributed by atoms with Gasteiger partial charge in [0, 0.05) is 0 Å². The van der Waals surface area contributed by atoms with Crippen molar-refractivity contribution in [1.29, 1.82) is 0 Å². The number of phosphoric ester groups is 1. The van der Waals surface area contributed by atoms with Gasteiger partial charge in [0.15, 0.2) is 0 Å². The third-order valence-electron chi connectivity index (χ3n) is 0.433. The van der Waals surface area contributed by atoms with Gasteiger partial charge in [-0.05, 0) is 0 Å². The zero-order valence-corrected chi connectivity index (χ0v) is 6.01. The molecule has 0 aliphatic heterocycles. The Morgan fingerprint density at radius 1 is 1.67 bits per heavy atom. The highest BCUT2D eigenvalue weighted by atomic mass is 35.5. The second kappa shape index (κ2) is 4.22. The largest absolute Gasteiger partial charge is 0.488 e. The normalized spacial score (nSPS) is 17.2. The Hall–Kier alpha value is 0.360. The highest BCUT2D eigenvalue weighted by Gasteiger charge is 2.19. The lowest BCUT2D eigenvalue weighted by Gasteiger charge is -2.03. The molecule has 56 valence electrons. The molecule has 1 unspecified atom stereocenters. The van der Waals surface area contributed by atoms with Gasteiger partial charge in [0.25, 0.3) is 0 Å². The van der Waals surface area contributed by atoms with Crippen molar-refractivity contribution in [3.63, 3.8) is 0 Å². The van der Waals surface area contributed by atoms with Gasteiger partial charge in [-0.1, -0.05) is 0 Å². The van der Waals surface area contributed by atoms with Crippen molar-refractivity contribution in [2.45, 2.75) is 0 Å². The third-order valence-corrected chi connectivity index (χ3v) is 1.64. The fourth-order valence-corrected chi connectivity index (χ4v) is 0.648. The maximum absolute atomic E-state index is 10.2. The van der Waals surface area contributed by atoms with E-state index in [4.69, 9.17) is 10.00 Å². The Bertz CT molecular complexity index is 116. The predicted octanol–water partition coefficient (Wildman–Crippen LogP) is 0.266. The summed E-state index contributed by atoms with van der Waals surface area (Å²) in [5.41, 5.74) is 0. The summed E-state index contributed by atoms with van der Waals surface area (Å²) in [6.45, 7) is -0.634. The van der Waals surface area contributed by atoms with Crippen LogP contribution in [-0.2, 0) is 13.2 Å². The molecule has 0 heterocycles. The highest BCUT2D eigenvalue weighted by Crippen LogP contribution is 2.44. The minimum Gasteiger partial charge on any atom is -0.394 e. The lowest BCUT2D eigenvalue weighted by Crippen LogP contribution is -1.96. The fourth-order valence-electron chi connectivity index (χ4n) is 0.176. The first-order chi connectivity index (χ1) is 4.12. The van der Waals surface area contributed by atoms with Crippen molar-refractivity contribution in [2.75, 3.05) is 13.2 Å². The maximum Gasteiger partial charge on any atom is 0.488 e. The van der Waals surface area contributed by atoms with E-state index < -0.39 is 7.82 Å². The molecule has 5 nitrogen and oxygen atoms in total. The molecule has 0 aromatic rings. The van der Waals surface area contributed by atoms with E-state index >= 15 is 0 Å². The van der Waals surface area contributed by atoms with Gasteiger partial charge in [0.2, 0.25) is 0 Å². The van der Waals surface area contributed by atoms with Gasteiger partial charge >= 0.3 is 7.82 Å². The first kappa shape index (κ1) is 9.36. The van der Waals surface area contributed by atoms with Crippen molar-refractivity contribution in [3.05, 3.63) is 0 Å². The number of rotatable bonds is 4. The van der Waals surface area contributed by atoms with Gasteiger partial charge in [0.05, 0.1) is 25.1 Å². The van der Waals surface area contributed by atoms with Crippen LogP contribution in [0.1, 0.15) is 0 Å². The van der Waals surface area contributed by atoms with E-state index in [1.165, 1.54) is 0 Å². The number of halogens is 1. The van der Waals surface area contributed by atoms with Crippen LogP contribution in [0.4, 0.5) is 0 Å². The van der Waals surface area contributed by atoms with Gasteiger partial charge in [-0.15, -0.1) is 0 Å². The lowest BCUT2D eigenvalue weighted by molar-refractivity contribution is 0.158. The molecule has 1 atom stereocenters. The topological polar surface area (TPSA) is 76.0 Å². The first-order valence-corrected chi connectivity index (χ1v) is 3.81. The smallest absolute Gasteiger partial charge is 0.394 e. The van der Waals surface area contributed by atoms with Crippen LogP contribution in [0.3, 0.4) is 0 Å². The third kappa shape index (κ3) is 4.84. The number of phosphoric acid groups is 1. The standard InChI is InChI=1S/C2H6ClO5P/c3-8-9(5,6)7-2-1-4/h4H,1-2H2,(H,5,6). The van der Waals surface area contributed by atoms with Crippen molar-refractivity contribution >= 4 is 19.7 Å². The summed E-state index contributed by atoms with van der Waals surface area (Å²) in [6, 6.07) is 0. The highest BCUT2D eigenvalue weighted by molar-refractivity contribution is 7.48. The number of hydrogen-bond acceptors (Lipinski definition) is 4. The maximum atomic E-state index is 10.2. The van der Waals surface area contributed by atoms with Crippen LogP contribution in [0.15, 0.2) is 0 Å². The number of aliphatic hydroxyl groups excluding tert-OH is 1. The second-order valence-corrected chi connectivity index (χ2v) is 2.84. The molecular weight excluding hydrogens is 170 g/mol. The Balaban J connectivity index is 3.46. The molecule has 0 aromatic carbocycles. The molecule has 0 saturated heterocycles. The average molecular weight is 176 g/mol. The van der Waals surface area contributed by atoms with E-state index in [0.29, 0.717) is 0 Å². The average Bonchev–Trinajstić information content (AvgIpc) is 1.84. The molecule has 0 fully saturated rings. The second-order valence-electron chi connectivity index (χ2n) is 1.09. The van der Waals surface area contributed by atoms with Crippen molar-refractivity contribution < 1.29 is 23.2 Å². The summed E-state index contributed by atoms with van der Waals surface area (Å²) < 4.78 is 17.7. The van der Waals surface area contributed by atoms with Gasteiger partial charge < -0.3 is 10.00 Å². The van der Waals surface area contributed by atoms with Crippen LogP contribution in [0, 0.1) is 0 Å². The molecule has 0 aromatic heterocycles. The van der Waals surface area contributed by atoms with Crippen molar-refractivity contribution in [2.24, 2.45) is 0 Å². The summed E-state index contributed by atoms with van der Waals surface area (Å²) >= 11 is 4.51. The lowest BCUT2D eigenvalue weighted by atomic mass is 10.8. The van der Waals surface area contributed by atoms with E-state index in [1.807, 2.05) is 0 Å². The molecule has 0 spiro atoms. The molecule has 0 aliphatic rings. The van der Waals surface area contributed by atoms with Crippen LogP contribution in [0.25, 0.3) is 0 Å². The summed E-state index contributed by atoms with van der Waals surface area (Å²) in [6.07, 6.45) is 0. The molecule has 2 N–H and O–H groups in total. The monoisotopic (exact) mass is 176 g/mol. The molecule has 9 heavy (non-hydrogen) atoms.